The summed E-state index contributed by atoms with van der Waals surface area (Å²) in [6, 6.07) is 19.0. The lowest BCUT2D eigenvalue weighted by atomic mass is 9.78. The molecule has 0 radical (unpaired) electrons. The third-order valence-corrected chi connectivity index (χ3v) is 3.92. The number of Topliss-reactive ketones (excluding diaryl/α,β-unsaturated/α-hetero) is 1. The lowest BCUT2D eigenvalue weighted by Crippen LogP contribution is -2.39. The second kappa shape index (κ2) is 4.52. The molecule has 0 bridgehead atoms. The van der Waals surface area contributed by atoms with Gasteiger partial charge in [-0.1, -0.05) is 83.9 Å². The van der Waals surface area contributed by atoms with Crippen LogP contribution in [0.25, 0.3) is 11.1 Å². The number of ketones is 1. The van der Waals surface area contributed by atoms with Gasteiger partial charge in [-0.2, -0.15) is 0 Å². The zero-order chi connectivity index (χ0) is 13.5. The topological polar surface area (TPSA) is 17.1 Å². The predicted octanol–water partition coefficient (Wildman–Crippen LogP) is 4.35. The molecule has 0 fully saturated rings. The Bertz CT molecular complexity index is 658. The third kappa shape index (κ3) is 1.90. The highest BCUT2D eigenvalue weighted by molar-refractivity contribution is 6.75. The van der Waals surface area contributed by atoms with Crippen molar-refractivity contribution in [2.24, 2.45) is 0 Å². The Morgan fingerprint density at radius 2 is 1.21 bits per heavy atom. The van der Waals surface area contributed by atoms with Gasteiger partial charge in [-0.15, -0.1) is 0 Å². The molecule has 2 aromatic rings. The first-order chi connectivity index (χ1) is 9.12. The molecule has 3 heteroatoms. The van der Waals surface area contributed by atoms with Gasteiger partial charge in [0.25, 0.3) is 0 Å². The lowest BCUT2D eigenvalue weighted by Gasteiger charge is -2.35. The molecule has 0 unspecified atom stereocenters. The minimum Gasteiger partial charge on any atom is -0.290 e. The second-order valence-corrected chi connectivity index (χ2v) is 5.71. The van der Waals surface area contributed by atoms with E-state index < -0.39 is 4.33 Å². The van der Waals surface area contributed by atoms with Crippen molar-refractivity contribution in [3.8, 4) is 0 Å². The highest BCUT2D eigenvalue weighted by Crippen LogP contribution is 2.53. The maximum absolute atomic E-state index is 12.1. The molecule has 0 heterocycles. The van der Waals surface area contributed by atoms with Crippen LogP contribution in [0.4, 0.5) is 0 Å². The van der Waals surface area contributed by atoms with E-state index in [-0.39, 0.29) is 5.78 Å². The van der Waals surface area contributed by atoms with Crippen LogP contribution in [0.2, 0.25) is 0 Å². The number of halogens is 2. The molecule has 0 aromatic heterocycles. The van der Waals surface area contributed by atoms with Gasteiger partial charge in [0, 0.05) is 11.1 Å². The Kier molecular flexibility index (Phi) is 2.96. The molecule has 2 aromatic carbocycles. The summed E-state index contributed by atoms with van der Waals surface area (Å²) in [6.45, 7) is 0. The summed E-state index contributed by atoms with van der Waals surface area (Å²) in [5, 5.41) is 0. The molecular weight excluding hydrogens is 279 g/mol. The smallest absolute Gasteiger partial charge is 0.206 e. The van der Waals surface area contributed by atoms with Gasteiger partial charge in [-0.25, -0.2) is 0 Å². The summed E-state index contributed by atoms with van der Waals surface area (Å²) in [5.41, 5.74) is 3.03. The first-order valence-corrected chi connectivity index (χ1v) is 6.66. The number of carbonyl (C=O) groups excluding carboxylic acids is 1. The van der Waals surface area contributed by atoms with Crippen LogP contribution < -0.4 is 0 Å². The standard InChI is InChI=1S/C16H10Cl2O/c17-16(18)14(12-9-5-2-6-10-12)13(15(16)19)11-7-3-1-4-8-11/h1-10H. The molecule has 0 amide bonds. The molecule has 1 nitrogen and oxygen atoms in total. The number of hydrogen-bond acceptors (Lipinski definition) is 1. The summed E-state index contributed by atoms with van der Waals surface area (Å²) < 4.78 is -1.44. The van der Waals surface area contributed by atoms with E-state index in [1.807, 2.05) is 60.7 Å². The first-order valence-electron chi connectivity index (χ1n) is 5.90. The van der Waals surface area contributed by atoms with Gasteiger partial charge in [-0.3, -0.25) is 4.79 Å². The maximum atomic E-state index is 12.1. The van der Waals surface area contributed by atoms with Crippen LogP contribution in [-0.4, -0.2) is 10.1 Å². The van der Waals surface area contributed by atoms with Gasteiger partial charge in [-0.05, 0) is 11.1 Å². The van der Waals surface area contributed by atoms with Crippen molar-refractivity contribution in [1.29, 1.82) is 0 Å². The molecule has 94 valence electrons. The molecule has 3 rings (SSSR count). The largest absolute Gasteiger partial charge is 0.290 e. The normalized spacial score (nSPS) is 17.3. The minimum atomic E-state index is -1.44. The zero-order valence-electron chi connectivity index (χ0n) is 9.94. The SMILES string of the molecule is O=C1C(c2ccccc2)=C(c2ccccc2)C1(Cl)Cl. The highest BCUT2D eigenvalue weighted by Gasteiger charge is 2.52. The molecule has 0 saturated carbocycles. The van der Waals surface area contributed by atoms with Crippen molar-refractivity contribution in [1.82, 2.24) is 0 Å². The van der Waals surface area contributed by atoms with Crippen molar-refractivity contribution in [2.45, 2.75) is 4.33 Å². The molecular formula is C16H10Cl2O. The fourth-order valence-electron chi connectivity index (χ4n) is 2.29. The summed E-state index contributed by atoms with van der Waals surface area (Å²) in [5.74, 6) is -0.235. The molecule has 1 aliphatic carbocycles. The molecule has 0 saturated heterocycles. The monoisotopic (exact) mass is 288 g/mol. The van der Waals surface area contributed by atoms with Crippen LogP contribution in [0, 0.1) is 0 Å². The van der Waals surface area contributed by atoms with E-state index in [1.54, 1.807) is 0 Å². The van der Waals surface area contributed by atoms with Crippen LogP contribution in [0.3, 0.4) is 0 Å². The van der Waals surface area contributed by atoms with E-state index in [0.29, 0.717) is 11.1 Å². The fourth-order valence-corrected chi connectivity index (χ4v) is 2.89. The van der Waals surface area contributed by atoms with Crippen molar-refractivity contribution in [3.05, 3.63) is 71.8 Å². The summed E-state index contributed by atoms with van der Waals surface area (Å²) in [6.07, 6.45) is 0. The highest BCUT2D eigenvalue weighted by atomic mass is 35.5. The van der Waals surface area contributed by atoms with Gasteiger partial charge in [0.15, 0.2) is 0 Å². The lowest BCUT2D eigenvalue weighted by molar-refractivity contribution is -0.114. The number of hydrogen-bond donors (Lipinski definition) is 0. The van der Waals surface area contributed by atoms with Crippen LogP contribution in [-0.2, 0) is 4.79 Å². The van der Waals surface area contributed by atoms with Gasteiger partial charge < -0.3 is 0 Å². The van der Waals surface area contributed by atoms with Crippen molar-refractivity contribution in [3.63, 3.8) is 0 Å². The van der Waals surface area contributed by atoms with Crippen molar-refractivity contribution < 1.29 is 4.79 Å². The Labute approximate surface area is 121 Å². The molecule has 0 N–H and O–H groups in total. The number of allylic oxidation sites excluding steroid dienone is 2. The Morgan fingerprint density at radius 3 is 1.74 bits per heavy atom. The fraction of sp³-hybridized carbons (Fsp3) is 0.0625. The van der Waals surface area contributed by atoms with E-state index in [4.69, 9.17) is 23.2 Å². The zero-order valence-corrected chi connectivity index (χ0v) is 11.4. The quantitative estimate of drug-likeness (QED) is 0.751. The van der Waals surface area contributed by atoms with E-state index in [0.717, 1.165) is 11.1 Å². The summed E-state index contributed by atoms with van der Waals surface area (Å²) >= 11 is 12.3. The van der Waals surface area contributed by atoms with Gasteiger partial charge in [0.05, 0.1) is 0 Å². The van der Waals surface area contributed by atoms with Crippen molar-refractivity contribution >= 4 is 40.1 Å². The molecule has 1 aliphatic rings. The molecule has 0 aliphatic heterocycles. The Hall–Kier alpha value is -1.57. The van der Waals surface area contributed by atoms with E-state index in [1.165, 1.54) is 0 Å². The van der Waals surface area contributed by atoms with Gasteiger partial charge in [0.1, 0.15) is 0 Å². The summed E-state index contributed by atoms with van der Waals surface area (Å²) in [7, 11) is 0. The van der Waals surface area contributed by atoms with Gasteiger partial charge >= 0.3 is 0 Å². The first kappa shape index (κ1) is 12.5. The van der Waals surface area contributed by atoms with Crippen molar-refractivity contribution in [2.75, 3.05) is 0 Å². The van der Waals surface area contributed by atoms with E-state index in [2.05, 4.69) is 0 Å². The van der Waals surface area contributed by atoms with E-state index >= 15 is 0 Å². The Morgan fingerprint density at radius 1 is 0.737 bits per heavy atom. The minimum absolute atomic E-state index is 0.235. The predicted molar refractivity (Wildman–Crippen MR) is 79.1 cm³/mol. The second-order valence-electron chi connectivity index (χ2n) is 4.39. The number of benzene rings is 2. The molecule has 0 atom stereocenters. The maximum Gasteiger partial charge on any atom is 0.206 e. The van der Waals surface area contributed by atoms with Crippen LogP contribution in [0.15, 0.2) is 60.7 Å². The van der Waals surface area contributed by atoms with Crippen LogP contribution >= 0.6 is 23.2 Å². The van der Waals surface area contributed by atoms with E-state index in [9.17, 15) is 4.79 Å². The average molecular weight is 289 g/mol. The number of alkyl halides is 2. The Balaban J connectivity index is 2.22. The van der Waals surface area contributed by atoms with Crippen LogP contribution in [0.5, 0.6) is 0 Å². The molecule has 0 spiro atoms. The number of rotatable bonds is 2. The van der Waals surface area contributed by atoms with Crippen LogP contribution in [0.1, 0.15) is 11.1 Å². The van der Waals surface area contributed by atoms with Gasteiger partial charge in [0.2, 0.25) is 10.1 Å². The summed E-state index contributed by atoms with van der Waals surface area (Å²) in [4.78, 5) is 12.1. The molecule has 19 heavy (non-hydrogen) atoms. The average Bonchev–Trinajstić information content (AvgIpc) is 2.45. The third-order valence-electron chi connectivity index (χ3n) is 3.20. The number of carbonyl (C=O) groups is 1.